The smallest absolute Gasteiger partial charge is 0.340 e. The van der Waals surface area contributed by atoms with Crippen LogP contribution in [0, 0.1) is 0 Å². The molecule has 17 heavy (non-hydrogen) atoms. The lowest BCUT2D eigenvalue weighted by molar-refractivity contribution is 0.0319. The largest absolute Gasteiger partial charge is 0.460 e. The number of halogens is 1. The van der Waals surface area contributed by atoms with Crippen molar-refractivity contribution >= 4 is 23.3 Å². The highest BCUT2D eigenvalue weighted by Gasteiger charge is 2.12. The monoisotopic (exact) mass is 258 g/mol. The summed E-state index contributed by atoms with van der Waals surface area (Å²) in [4.78, 5) is 15.4. The molecule has 0 amide bonds. The number of pyridine rings is 1. The third-order valence-electron chi connectivity index (χ3n) is 1.93. The van der Waals surface area contributed by atoms with Gasteiger partial charge in [0, 0.05) is 6.61 Å². The number of nitrogen functional groups attached to an aromatic ring is 1. The van der Waals surface area contributed by atoms with Crippen LogP contribution in [0.2, 0.25) is 5.15 Å². The average Bonchev–Trinajstić information content (AvgIpc) is 2.32. The second-order valence-electron chi connectivity index (χ2n) is 3.34. The van der Waals surface area contributed by atoms with Gasteiger partial charge in [-0.2, -0.15) is 0 Å². The summed E-state index contributed by atoms with van der Waals surface area (Å²) in [7, 11) is 0. The van der Waals surface area contributed by atoms with Gasteiger partial charge in [-0.3, -0.25) is 0 Å². The van der Waals surface area contributed by atoms with Gasteiger partial charge in [-0.1, -0.05) is 18.5 Å². The molecule has 0 fully saturated rings. The highest BCUT2D eigenvalue weighted by atomic mass is 35.5. The number of esters is 1. The van der Waals surface area contributed by atoms with Crippen LogP contribution in [0.15, 0.2) is 12.3 Å². The molecule has 0 aliphatic rings. The minimum atomic E-state index is -0.521. The first-order valence-corrected chi connectivity index (χ1v) is 5.68. The van der Waals surface area contributed by atoms with Crippen LogP contribution in [-0.2, 0) is 9.47 Å². The number of carbonyl (C=O) groups is 1. The first-order chi connectivity index (χ1) is 8.15. The van der Waals surface area contributed by atoms with Crippen LogP contribution in [0.25, 0.3) is 0 Å². The molecule has 0 aliphatic carbocycles. The number of hydrogen-bond donors (Lipinski definition) is 1. The SMILES string of the molecule is CCCOCCOC(=O)c1cc(Cl)ncc1N. The summed E-state index contributed by atoms with van der Waals surface area (Å²) in [6.07, 6.45) is 2.26. The number of ether oxygens (including phenoxy) is 2. The van der Waals surface area contributed by atoms with E-state index in [4.69, 9.17) is 26.8 Å². The van der Waals surface area contributed by atoms with E-state index in [9.17, 15) is 4.79 Å². The topological polar surface area (TPSA) is 74.4 Å². The average molecular weight is 259 g/mol. The molecule has 0 aliphatic heterocycles. The van der Waals surface area contributed by atoms with E-state index in [2.05, 4.69) is 4.98 Å². The molecule has 2 N–H and O–H groups in total. The quantitative estimate of drug-likeness (QED) is 0.479. The lowest BCUT2D eigenvalue weighted by atomic mass is 10.2. The summed E-state index contributed by atoms with van der Waals surface area (Å²) in [5.74, 6) is -0.521. The van der Waals surface area contributed by atoms with Gasteiger partial charge in [0.1, 0.15) is 11.8 Å². The number of anilines is 1. The second kappa shape index (κ2) is 7.09. The highest BCUT2D eigenvalue weighted by Crippen LogP contribution is 2.15. The third-order valence-corrected chi connectivity index (χ3v) is 2.14. The number of aromatic nitrogens is 1. The first kappa shape index (κ1) is 13.7. The van der Waals surface area contributed by atoms with Gasteiger partial charge in [0.2, 0.25) is 0 Å². The Bertz CT molecular complexity index is 385. The summed E-state index contributed by atoms with van der Waals surface area (Å²) in [6.45, 7) is 3.23. The van der Waals surface area contributed by atoms with Crippen molar-refractivity contribution in [2.45, 2.75) is 13.3 Å². The summed E-state index contributed by atoms with van der Waals surface area (Å²) in [6, 6.07) is 1.38. The van der Waals surface area contributed by atoms with Crippen LogP contribution in [-0.4, -0.2) is 30.8 Å². The minimum absolute atomic E-state index is 0.193. The fourth-order valence-electron chi connectivity index (χ4n) is 1.13. The molecule has 6 heteroatoms. The van der Waals surface area contributed by atoms with Crippen LogP contribution in [0.3, 0.4) is 0 Å². The van der Waals surface area contributed by atoms with Crippen molar-refractivity contribution in [3.63, 3.8) is 0 Å². The van der Waals surface area contributed by atoms with Gasteiger partial charge in [-0.25, -0.2) is 9.78 Å². The summed E-state index contributed by atoms with van der Waals surface area (Å²) >= 11 is 5.66. The number of hydrogen-bond acceptors (Lipinski definition) is 5. The van der Waals surface area contributed by atoms with Gasteiger partial charge in [0.15, 0.2) is 0 Å². The van der Waals surface area contributed by atoms with Crippen molar-refractivity contribution < 1.29 is 14.3 Å². The molecule has 5 nitrogen and oxygen atoms in total. The Kier molecular flexibility index (Phi) is 5.72. The molecule has 1 heterocycles. The maximum atomic E-state index is 11.6. The number of rotatable bonds is 6. The second-order valence-corrected chi connectivity index (χ2v) is 3.73. The maximum absolute atomic E-state index is 11.6. The van der Waals surface area contributed by atoms with Crippen LogP contribution in [0.1, 0.15) is 23.7 Å². The summed E-state index contributed by atoms with van der Waals surface area (Å²) < 4.78 is 10.2. The van der Waals surface area contributed by atoms with E-state index in [1.54, 1.807) is 0 Å². The van der Waals surface area contributed by atoms with E-state index in [-0.39, 0.29) is 23.0 Å². The molecule has 94 valence electrons. The Morgan fingerprint density at radius 1 is 1.47 bits per heavy atom. The van der Waals surface area contributed by atoms with Gasteiger partial charge in [-0.05, 0) is 12.5 Å². The molecule has 0 saturated heterocycles. The Balaban J connectivity index is 2.44. The predicted octanol–water partition coefficient (Wildman–Crippen LogP) is 1.90. The fraction of sp³-hybridized carbons (Fsp3) is 0.455. The van der Waals surface area contributed by atoms with Gasteiger partial charge < -0.3 is 15.2 Å². The molecule has 0 unspecified atom stereocenters. The van der Waals surface area contributed by atoms with Gasteiger partial charge in [-0.15, -0.1) is 0 Å². The van der Waals surface area contributed by atoms with E-state index in [0.717, 1.165) is 6.42 Å². The zero-order valence-corrected chi connectivity index (χ0v) is 10.4. The van der Waals surface area contributed by atoms with Crippen LogP contribution >= 0.6 is 11.6 Å². The Morgan fingerprint density at radius 3 is 2.94 bits per heavy atom. The van der Waals surface area contributed by atoms with Gasteiger partial charge in [0.05, 0.1) is 24.1 Å². The molecule has 0 atom stereocenters. The molecule has 1 aromatic rings. The molecule has 1 rings (SSSR count). The first-order valence-electron chi connectivity index (χ1n) is 5.31. The van der Waals surface area contributed by atoms with Crippen LogP contribution in [0.5, 0.6) is 0 Å². The Hall–Kier alpha value is -1.33. The summed E-state index contributed by atoms with van der Waals surface area (Å²) in [5.41, 5.74) is 6.06. The molecule has 0 radical (unpaired) electrons. The molecule has 1 aromatic heterocycles. The van der Waals surface area contributed by atoms with Crippen molar-refractivity contribution in [3.05, 3.63) is 23.0 Å². The molecule has 0 bridgehead atoms. The molecule has 0 spiro atoms. The predicted molar refractivity (Wildman–Crippen MR) is 65.1 cm³/mol. The maximum Gasteiger partial charge on any atom is 0.340 e. The highest BCUT2D eigenvalue weighted by molar-refractivity contribution is 6.29. The lowest BCUT2D eigenvalue weighted by Gasteiger charge is -2.07. The minimum Gasteiger partial charge on any atom is -0.460 e. The van der Waals surface area contributed by atoms with Crippen molar-refractivity contribution in [1.29, 1.82) is 0 Å². The van der Waals surface area contributed by atoms with E-state index in [1.165, 1.54) is 12.3 Å². The molecular formula is C11H15ClN2O3. The normalized spacial score (nSPS) is 10.2. The number of nitrogens with zero attached hydrogens (tertiary/aromatic N) is 1. The number of nitrogens with two attached hydrogens (primary N) is 1. The van der Waals surface area contributed by atoms with Gasteiger partial charge >= 0.3 is 5.97 Å². The fourth-order valence-corrected chi connectivity index (χ4v) is 1.29. The summed E-state index contributed by atoms with van der Waals surface area (Å²) in [5, 5.41) is 0.202. The molecule has 0 aromatic carbocycles. The van der Waals surface area contributed by atoms with Crippen molar-refractivity contribution in [2.75, 3.05) is 25.6 Å². The zero-order valence-electron chi connectivity index (χ0n) is 9.61. The van der Waals surface area contributed by atoms with Crippen molar-refractivity contribution in [3.8, 4) is 0 Å². The van der Waals surface area contributed by atoms with Crippen LogP contribution in [0.4, 0.5) is 5.69 Å². The zero-order chi connectivity index (χ0) is 12.7. The van der Waals surface area contributed by atoms with E-state index < -0.39 is 5.97 Å². The lowest BCUT2D eigenvalue weighted by Crippen LogP contribution is -2.13. The van der Waals surface area contributed by atoms with Crippen LogP contribution < -0.4 is 5.73 Å². The van der Waals surface area contributed by atoms with E-state index in [1.807, 2.05) is 6.92 Å². The Labute approximate surface area is 105 Å². The van der Waals surface area contributed by atoms with E-state index >= 15 is 0 Å². The van der Waals surface area contributed by atoms with Crippen molar-refractivity contribution in [2.24, 2.45) is 0 Å². The molecule has 0 saturated carbocycles. The third kappa shape index (κ3) is 4.58. The molecular weight excluding hydrogens is 244 g/mol. The van der Waals surface area contributed by atoms with Crippen molar-refractivity contribution in [1.82, 2.24) is 4.98 Å². The number of carbonyl (C=O) groups excluding carboxylic acids is 1. The standard InChI is InChI=1S/C11H15ClN2O3/c1-2-3-16-4-5-17-11(15)8-6-10(12)14-7-9(8)13/h6-7H,2-5,13H2,1H3. The van der Waals surface area contributed by atoms with E-state index in [0.29, 0.717) is 13.2 Å². The Morgan fingerprint density at radius 2 is 2.24 bits per heavy atom. The van der Waals surface area contributed by atoms with Gasteiger partial charge in [0.25, 0.3) is 0 Å².